The van der Waals surface area contributed by atoms with Crippen molar-refractivity contribution in [3.63, 3.8) is 0 Å². The van der Waals surface area contributed by atoms with Gasteiger partial charge in [0.1, 0.15) is 5.82 Å². The number of hydrogen-bond acceptors (Lipinski definition) is 3. The van der Waals surface area contributed by atoms with Gasteiger partial charge < -0.3 is 4.57 Å². The Kier molecular flexibility index (Phi) is 3.81. The lowest BCUT2D eigenvalue weighted by atomic mass is 10.2. The summed E-state index contributed by atoms with van der Waals surface area (Å²) in [6.45, 7) is 3.71. The van der Waals surface area contributed by atoms with Crippen LogP contribution in [0.5, 0.6) is 0 Å². The standard InChI is InChI=1S/C21H24N4O2/c1-14-22-19-18(23(14)11-15-5-3-2-4-6-15)20(26)25(13-17-9-10-17)21(27)24(19)12-16-7-8-16/h2-6,16-17H,7-13H2,1H3. The molecule has 2 aliphatic carbocycles. The van der Waals surface area contributed by atoms with Crippen LogP contribution in [-0.4, -0.2) is 18.7 Å². The van der Waals surface area contributed by atoms with E-state index >= 15 is 0 Å². The molecule has 6 nitrogen and oxygen atoms in total. The maximum Gasteiger partial charge on any atom is 0.332 e. The molecule has 3 aromatic rings. The smallest absolute Gasteiger partial charge is 0.318 e. The van der Waals surface area contributed by atoms with E-state index in [1.807, 2.05) is 41.8 Å². The van der Waals surface area contributed by atoms with Gasteiger partial charge in [-0.15, -0.1) is 0 Å². The van der Waals surface area contributed by atoms with Crippen LogP contribution in [0.3, 0.4) is 0 Å². The van der Waals surface area contributed by atoms with Crippen LogP contribution in [0.15, 0.2) is 39.9 Å². The van der Waals surface area contributed by atoms with Crippen LogP contribution >= 0.6 is 0 Å². The molecule has 0 saturated heterocycles. The van der Waals surface area contributed by atoms with E-state index in [1.165, 1.54) is 4.57 Å². The molecule has 2 aromatic heterocycles. The van der Waals surface area contributed by atoms with Crippen LogP contribution in [-0.2, 0) is 19.6 Å². The summed E-state index contributed by atoms with van der Waals surface area (Å²) < 4.78 is 5.19. The van der Waals surface area contributed by atoms with Crippen molar-refractivity contribution in [1.29, 1.82) is 0 Å². The first-order valence-corrected chi connectivity index (χ1v) is 9.86. The van der Waals surface area contributed by atoms with Crippen molar-refractivity contribution < 1.29 is 0 Å². The Hall–Kier alpha value is -2.63. The van der Waals surface area contributed by atoms with E-state index in [4.69, 9.17) is 0 Å². The summed E-state index contributed by atoms with van der Waals surface area (Å²) in [4.78, 5) is 31.0. The minimum Gasteiger partial charge on any atom is -0.318 e. The number of benzene rings is 1. The molecule has 6 heteroatoms. The average Bonchev–Trinajstić information content (AvgIpc) is 3.58. The fourth-order valence-electron chi connectivity index (χ4n) is 3.80. The first-order chi connectivity index (χ1) is 13.1. The maximum atomic E-state index is 13.3. The summed E-state index contributed by atoms with van der Waals surface area (Å²) in [6, 6.07) is 10.1. The average molecular weight is 364 g/mol. The highest BCUT2D eigenvalue weighted by molar-refractivity contribution is 5.71. The molecule has 0 spiro atoms. The van der Waals surface area contributed by atoms with Gasteiger partial charge in [0.25, 0.3) is 5.56 Å². The molecular formula is C21H24N4O2. The van der Waals surface area contributed by atoms with Gasteiger partial charge in [0.2, 0.25) is 0 Å². The topological polar surface area (TPSA) is 61.8 Å². The molecule has 0 amide bonds. The first kappa shape index (κ1) is 16.5. The molecule has 2 saturated carbocycles. The predicted octanol–water partition coefficient (Wildman–Crippen LogP) is 2.54. The van der Waals surface area contributed by atoms with E-state index in [-0.39, 0.29) is 11.2 Å². The molecule has 2 heterocycles. The number of imidazole rings is 1. The molecule has 2 fully saturated rings. The monoisotopic (exact) mass is 364 g/mol. The zero-order valence-corrected chi connectivity index (χ0v) is 15.6. The van der Waals surface area contributed by atoms with E-state index < -0.39 is 0 Å². The normalized spacial score (nSPS) is 16.9. The van der Waals surface area contributed by atoms with Crippen molar-refractivity contribution in [2.75, 3.05) is 0 Å². The molecule has 0 aliphatic heterocycles. The van der Waals surface area contributed by atoms with Gasteiger partial charge in [0.05, 0.1) is 0 Å². The molecule has 0 radical (unpaired) electrons. The third-order valence-corrected chi connectivity index (χ3v) is 5.76. The van der Waals surface area contributed by atoms with Crippen LogP contribution in [0.25, 0.3) is 11.2 Å². The van der Waals surface area contributed by atoms with Gasteiger partial charge in [-0.25, -0.2) is 9.78 Å². The molecule has 0 N–H and O–H groups in total. The lowest BCUT2D eigenvalue weighted by Gasteiger charge is -2.12. The summed E-state index contributed by atoms with van der Waals surface area (Å²) >= 11 is 0. The van der Waals surface area contributed by atoms with Gasteiger partial charge in [-0.1, -0.05) is 30.3 Å². The van der Waals surface area contributed by atoms with Crippen molar-refractivity contribution in [2.24, 2.45) is 11.8 Å². The van der Waals surface area contributed by atoms with E-state index in [9.17, 15) is 9.59 Å². The molecular weight excluding hydrogens is 340 g/mol. The van der Waals surface area contributed by atoms with Crippen LogP contribution in [0.4, 0.5) is 0 Å². The lowest BCUT2D eigenvalue weighted by Crippen LogP contribution is -2.41. The largest absolute Gasteiger partial charge is 0.332 e. The molecule has 27 heavy (non-hydrogen) atoms. The molecule has 140 valence electrons. The number of aryl methyl sites for hydroxylation is 1. The quantitative estimate of drug-likeness (QED) is 0.675. The SMILES string of the molecule is Cc1nc2c(c(=O)n(CC3CC3)c(=O)n2CC2CC2)n1Cc1ccccc1. The molecule has 5 rings (SSSR count). The summed E-state index contributed by atoms with van der Waals surface area (Å²) in [7, 11) is 0. The fourth-order valence-corrected chi connectivity index (χ4v) is 3.80. The zero-order chi connectivity index (χ0) is 18.5. The van der Waals surface area contributed by atoms with E-state index in [0.717, 1.165) is 37.1 Å². The molecule has 0 unspecified atom stereocenters. The number of aromatic nitrogens is 4. The molecule has 0 bridgehead atoms. The lowest BCUT2D eigenvalue weighted by molar-refractivity contribution is 0.519. The zero-order valence-electron chi connectivity index (χ0n) is 15.6. The van der Waals surface area contributed by atoms with Crippen molar-refractivity contribution in [3.05, 3.63) is 62.6 Å². The second kappa shape index (κ2) is 6.22. The second-order valence-corrected chi connectivity index (χ2v) is 8.10. The summed E-state index contributed by atoms with van der Waals surface area (Å²) in [6.07, 6.45) is 4.52. The van der Waals surface area contributed by atoms with Gasteiger partial charge in [0, 0.05) is 19.6 Å². The summed E-state index contributed by atoms with van der Waals surface area (Å²) in [5.41, 5.74) is 1.86. The van der Waals surface area contributed by atoms with Gasteiger partial charge in [0.15, 0.2) is 11.2 Å². The highest BCUT2D eigenvalue weighted by Gasteiger charge is 2.29. The molecule has 1 aromatic carbocycles. The van der Waals surface area contributed by atoms with Crippen LogP contribution in [0.2, 0.25) is 0 Å². The Morgan fingerprint density at radius 1 is 0.926 bits per heavy atom. The number of nitrogens with zero attached hydrogens (tertiary/aromatic N) is 4. The summed E-state index contributed by atoms with van der Waals surface area (Å²) in [5, 5.41) is 0. The van der Waals surface area contributed by atoms with Crippen molar-refractivity contribution in [1.82, 2.24) is 18.7 Å². The minimum atomic E-state index is -0.189. The van der Waals surface area contributed by atoms with Crippen molar-refractivity contribution in [2.45, 2.75) is 52.2 Å². The third kappa shape index (κ3) is 3.03. The maximum absolute atomic E-state index is 13.3. The van der Waals surface area contributed by atoms with Crippen LogP contribution in [0, 0.1) is 18.8 Å². The van der Waals surface area contributed by atoms with Gasteiger partial charge in [-0.2, -0.15) is 0 Å². The Balaban J connectivity index is 1.72. The number of fused-ring (bicyclic) bond motifs is 1. The minimum absolute atomic E-state index is 0.185. The Morgan fingerprint density at radius 2 is 1.56 bits per heavy atom. The van der Waals surface area contributed by atoms with Crippen molar-refractivity contribution >= 4 is 11.2 Å². The van der Waals surface area contributed by atoms with Gasteiger partial charge >= 0.3 is 5.69 Å². The van der Waals surface area contributed by atoms with Crippen molar-refractivity contribution in [3.8, 4) is 0 Å². The fraction of sp³-hybridized carbons (Fsp3) is 0.476. The van der Waals surface area contributed by atoms with E-state index in [2.05, 4.69) is 4.98 Å². The number of rotatable bonds is 6. The number of hydrogen-bond donors (Lipinski definition) is 0. The molecule has 2 aliphatic rings. The molecule has 0 atom stereocenters. The highest BCUT2D eigenvalue weighted by Crippen LogP contribution is 2.32. The Morgan fingerprint density at radius 3 is 2.19 bits per heavy atom. The summed E-state index contributed by atoms with van der Waals surface area (Å²) in [5.74, 6) is 1.78. The van der Waals surface area contributed by atoms with E-state index in [1.54, 1.807) is 4.57 Å². The second-order valence-electron chi connectivity index (χ2n) is 8.10. The van der Waals surface area contributed by atoms with Crippen LogP contribution in [0.1, 0.15) is 37.1 Å². The first-order valence-electron chi connectivity index (χ1n) is 9.86. The Bertz CT molecular complexity index is 1120. The van der Waals surface area contributed by atoms with Gasteiger partial charge in [-0.3, -0.25) is 13.9 Å². The van der Waals surface area contributed by atoms with Gasteiger partial charge in [-0.05, 0) is 50.0 Å². The van der Waals surface area contributed by atoms with E-state index in [0.29, 0.717) is 42.6 Å². The Labute approximate surface area is 157 Å². The highest BCUT2D eigenvalue weighted by atomic mass is 16.2. The predicted molar refractivity (Wildman–Crippen MR) is 104 cm³/mol. The van der Waals surface area contributed by atoms with Crippen LogP contribution < -0.4 is 11.2 Å². The third-order valence-electron chi connectivity index (χ3n) is 5.76.